The number of carbonyl (C=O) groups excluding carboxylic acids is 1. The Labute approximate surface area is 89.0 Å². The van der Waals surface area contributed by atoms with Crippen LogP contribution in [0.2, 0.25) is 0 Å². The molecule has 15 heavy (non-hydrogen) atoms. The lowest BCUT2D eigenvalue weighted by Crippen LogP contribution is -2.12. The number of rotatable bonds is 7. The molecule has 5 heteroatoms. The average molecular weight is 212 g/mol. The summed E-state index contributed by atoms with van der Waals surface area (Å²) in [6.07, 6.45) is 5.53. The number of esters is 1. The molecule has 0 bridgehead atoms. The Kier molecular flexibility index (Phi) is 5.47. The van der Waals surface area contributed by atoms with Gasteiger partial charge < -0.3 is 14.0 Å². The molecule has 5 nitrogen and oxygen atoms in total. The fourth-order valence-corrected chi connectivity index (χ4v) is 1.07. The average Bonchev–Trinajstić information content (AvgIpc) is 2.74. The van der Waals surface area contributed by atoms with Crippen LogP contribution in [0.3, 0.4) is 0 Å². The second kappa shape index (κ2) is 7.00. The van der Waals surface area contributed by atoms with Gasteiger partial charge in [-0.25, -0.2) is 4.98 Å². The third-order valence-electron chi connectivity index (χ3n) is 1.83. The number of carbonyl (C=O) groups is 1. The molecule has 0 aliphatic rings. The molecule has 0 spiro atoms. The highest BCUT2D eigenvalue weighted by atomic mass is 16.6. The van der Waals surface area contributed by atoms with Gasteiger partial charge in [-0.2, -0.15) is 0 Å². The first kappa shape index (κ1) is 11.7. The highest BCUT2D eigenvalue weighted by molar-refractivity contribution is 5.69. The second-order valence-corrected chi connectivity index (χ2v) is 2.97. The highest BCUT2D eigenvalue weighted by Gasteiger charge is 2.02. The Morgan fingerprint density at radius 1 is 1.47 bits per heavy atom. The van der Waals surface area contributed by atoms with E-state index in [2.05, 4.69) is 4.98 Å². The summed E-state index contributed by atoms with van der Waals surface area (Å²) in [5.41, 5.74) is 0. The van der Waals surface area contributed by atoms with Gasteiger partial charge in [0.15, 0.2) is 0 Å². The van der Waals surface area contributed by atoms with E-state index < -0.39 is 0 Å². The van der Waals surface area contributed by atoms with Crippen LogP contribution in [0.5, 0.6) is 0 Å². The van der Waals surface area contributed by atoms with Crippen molar-refractivity contribution >= 4 is 5.97 Å². The first-order valence-corrected chi connectivity index (χ1v) is 5.02. The van der Waals surface area contributed by atoms with Gasteiger partial charge in [0.05, 0.1) is 19.4 Å². The molecule has 0 amide bonds. The number of ether oxygens (including phenoxy) is 2. The van der Waals surface area contributed by atoms with E-state index in [0.717, 1.165) is 0 Å². The van der Waals surface area contributed by atoms with Crippen LogP contribution in [-0.2, 0) is 20.8 Å². The summed E-state index contributed by atoms with van der Waals surface area (Å²) in [6.45, 7) is 3.95. The Bertz CT molecular complexity index is 272. The van der Waals surface area contributed by atoms with Crippen LogP contribution in [0, 0.1) is 0 Å². The van der Waals surface area contributed by atoms with E-state index in [-0.39, 0.29) is 5.97 Å². The van der Waals surface area contributed by atoms with E-state index in [9.17, 15) is 4.79 Å². The lowest BCUT2D eigenvalue weighted by atomic mass is 10.4. The molecule has 0 N–H and O–H groups in total. The Hall–Kier alpha value is -1.36. The van der Waals surface area contributed by atoms with Crippen molar-refractivity contribution < 1.29 is 14.3 Å². The van der Waals surface area contributed by atoms with Crippen LogP contribution in [0.25, 0.3) is 0 Å². The number of hydrogen-bond acceptors (Lipinski definition) is 4. The lowest BCUT2D eigenvalue weighted by molar-refractivity contribution is -0.145. The van der Waals surface area contributed by atoms with E-state index in [0.29, 0.717) is 32.8 Å². The number of imidazole rings is 1. The molecular weight excluding hydrogens is 196 g/mol. The summed E-state index contributed by atoms with van der Waals surface area (Å²) >= 11 is 0. The maximum Gasteiger partial charge on any atom is 0.307 e. The summed E-state index contributed by atoms with van der Waals surface area (Å²) in [7, 11) is 0. The lowest BCUT2D eigenvalue weighted by Gasteiger charge is -2.05. The minimum absolute atomic E-state index is 0.205. The number of nitrogens with zero attached hydrogens (tertiary/aromatic N) is 2. The van der Waals surface area contributed by atoms with Gasteiger partial charge in [0.25, 0.3) is 0 Å². The van der Waals surface area contributed by atoms with Crippen LogP contribution in [-0.4, -0.2) is 35.3 Å². The van der Waals surface area contributed by atoms with Gasteiger partial charge in [0, 0.05) is 25.5 Å². The normalized spacial score (nSPS) is 10.2. The molecule has 0 aromatic carbocycles. The molecule has 0 aliphatic carbocycles. The van der Waals surface area contributed by atoms with Gasteiger partial charge in [-0.1, -0.05) is 0 Å². The highest BCUT2D eigenvalue weighted by Crippen LogP contribution is 1.93. The molecule has 1 aromatic heterocycles. The first-order chi connectivity index (χ1) is 7.33. The van der Waals surface area contributed by atoms with E-state index in [1.807, 2.05) is 17.7 Å². The maximum absolute atomic E-state index is 11.2. The maximum atomic E-state index is 11.2. The quantitative estimate of drug-likeness (QED) is 0.496. The summed E-state index contributed by atoms with van der Waals surface area (Å²) in [5, 5.41) is 0. The van der Waals surface area contributed by atoms with E-state index in [1.54, 1.807) is 12.5 Å². The SMILES string of the molecule is CCOCCOC(=O)CCn1ccnc1. The topological polar surface area (TPSA) is 53.4 Å². The monoisotopic (exact) mass is 212 g/mol. The molecule has 1 rings (SSSR count). The first-order valence-electron chi connectivity index (χ1n) is 5.02. The van der Waals surface area contributed by atoms with Crippen molar-refractivity contribution in [3.63, 3.8) is 0 Å². The molecule has 0 unspecified atom stereocenters. The smallest absolute Gasteiger partial charge is 0.307 e. The third kappa shape index (κ3) is 5.17. The Morgan fingerprint density at radius 2 is 2.33 bits per heavy atom. The zero-order chi connectivity index (χ0) is 10.9. The van der Waals surface area contributed by atoms with Crippen LogP contribution in [0.4, 0.5) is 0 Å². The van der Waals surface area contributed by atoms with Crippen molar-refractivity contribution in [2.45, 2.75) is 19.9 Å². The van der Waals surface area contributed by atoms with Crippen molar-refractivity contribution in [1.82, 2.24) is 9.55 Å². The predicted octanol–water partition coefficient (Wildman–Crippen LogP) is 0.853. The number of aromatic nitrogens is 2. The van der Waals surface area contributed by atoms with Gasteiger partial charge in [0.2, 0.25) is 0 Å². The van der Waals surface area contributed by atoms with Gasteiger partial charge in [-0.05, 0) is 6.92 Å². The van der Waals surface area contributed by atoms with Crippen LogP contribution in [0.15, 0.2) is 18.7 Å². The summed E-state index contributed by atoms with van der Waals surface area (Å²) < 4.78 is 11.8. The van der Waals surface area contributed by atoms with Gasteiger partial charge in [-0.3, -0.25) is 4.79 Å². The molecule has 84 valence electrons. The molecule has 0 aliphatic heterocycles. The molecule has 0 fully saturated rings. The van der Waals surface area contributed by atoms with E-state index >= 15 is 0 Å². The molecule has 0 radical (unpaired) electrons. The van der Waals surface area contributed by atoms with Gasteiger partial charge in [0.1, 0.15) is 6.61 Å². The zero-order valence-electron chi connectivity index (χ0n) is 8.89. The summed E-state index contributed by atoms with van der Waals surface area (Å²) in [5.74, 6) is -0.205. The summed E-state index contributed by atoms with van der Waals surface area (Å²) in [4.78, 5) is 15.1. The fraction of sp³-hybridized carbons (Fsp3) is 0.600. The predicted molar refractivity (Wildman–Crippen MR) is 54.3 cm³/mol. The van der Waals surface area contributed by atoms with Crippen molar-refractivity contribution in [2.24, 2.45) is 0 Å². The van der Waals surface area contributed by atoms with Crippen molar-refractivity contribution in [3.8, 4) is 0 Å². The fourth-order valence-electron chi connectivity index (χ4n) is 1.07. The van der Waals surface area contributed by atoms with Crippen molar-refractivity contribution in [3.05, 3.63) is 18.7 Å². The van der Waals surface area contributed by atoms with Crippen molar-refractivity contribution in [1.29, 1.82) is 0 Å². The number of hydrogen-bond donors (Lipinski definition) is 0. The van der Waals surface area contributed by atoms with Crippen LogP contribution >= 0.6 is 0 Å². The van der Waals surface area contributed by atoms with Crippen LogP contribution < -0.4 is 0 Å². The van der Waals surface area contributed by atoms with E-state index in [4.69, 9.17) is 9.47 Å². The van der Waals surface area contributed by atoms with Crippen molar-refractivity contribution in [2.75, 3.05) is 19.8 Å². The Balaban J connectivity index is 2.04. The third-order valence-corrected chi connectivity index (χ3v) is 1.83. The van der Waals surface area contributed by atoms with Gasteiger partial charge >= 0.3 is 5.97 Å². The molecular formula is C10H16N2O3. The largest absolute Gasteiger partial charge is 0.463 e. The minimum Gasteiger partial charge on any atom is -0.463 e. The molecule has 1 aromatic rings. The van der Waals surface area contributed by atoms with Gasteiger partial charge in [-0.15, -0.1) is 0 Å². The number of aryl methyl sites for hydroxylation is 1. The molecule has 0 saturated carbocycles. The zero-order valence-corrected chi connectivity index (χ0v) is 8.89. The van der Waals surface area contributed by atoms with Crippen LogP contribution in [0.1, 0.15) is 13.3 Å². The van der Waals surface area contributed by atoms with E-state index in [1.165, 1.54) is 0 Å². The minimum atomic E-state index is -0.205. The Morgan fingerprint density at radius 3 is 3.00 bits per heavy atom. The molecule has 1 heterocycles. The molecule has 0 saturated heterocycles. The molecule has 0 atom stereocenters. The standard InChI is InChI=1S/C10H16N2O3/c1-2-14-7-8-15-10(13)3-5-12-6-4-11-9-12/h4,6,9H,2-3,5,7-8H2,1H3. The summed E-state index contributed by atoms with van der Waals surface area (Å²) in [6, 6.07) is 0. The second-order valence-electron chi connectivity index (χ2n) is 2.97.